The van der Waals surface area contributed by atoms with E-state index in [9.17, 15) is 13.6 Å². The van der Waals surface area contributed by atoms with Gasteiger partial charge in [-0.3, -0.25) is 0 Å². The van der Waals surface area contributed by atoms with Gasteiger partial charge in [0.25, 0.3) is 0 Å². The summed E-state index contributed by atoms with van der Waals surface area (Å²) in [4.78, 5) is 12.5. The molecule has 0 spiro atoms. The number of carbonyl (C=O) groups is 1. The molecular weight excluding hydrogens is 216 g/mol. The molecule has 1 aliphatic heterocycles. The van der Waals surface area contributed by atoms with E-state index in [4.69, 9.17) is 0 Å². The molecule has 1 heterocycles. The van der Waals surface area contributed by atoms with Crippen LogP contribution in [-0.4, -0.2) is 24.1 Å². The minimum Gasteiger partial charge on any atom is -0.386 e. The van der Waals surface area contributed by atoms with E-state index in [-0.39, 0.29) is 0 Å². The molecule has 2 rings (SSSR count). The van der Waals surface area contributed by atoms with Crippen molar-refractivity contribution in [1.82, 2.24) is 4.90 Å². The fraction of sp³-hybridized carbons (Fsp3) is 0.364. The summed E-state index contributed by atoms with van der Waals surface area (Å²) in [6.07, 6.45) is -0.279. The Balaban J connectivity index is 2.05. The molecule has 0 saturated carbocycles. The van der Waals surface area contributed by atoms with Crippen molar-refractivity contribution in [1.29, 1.82) is 0 Å². The topological polar surface area (TPSA) is 29.5 Å². The summed E-state index contributed by atoms with van der Waals surface area (Å²) in [6, 6.07) is 7.65. The standard InChI is InChI=1S/C11H11F2NO2/c12-10(13)16-11(15)14-6-5-8-3-1-2-4-9(8)7-14/h1-4,10H,5-7H2. The predicted molar refractivity (Wildman–Crippen MR) is 53.0 cm³/mol. The molecule has 0 saturated heterocycles. The summed E-state index contributed by atoms with van der Waals surface area (Å²) in [5, 5.41) is 0. The van der Waals surface area contributed by atoms with Crippen molar-refractivity contribution in [3.63, 3.8) is 0 Å². The lowest BCUT2D eigenvalue weighted by Gasteiger charge is -2.27. The Morgan fingerprint density at radius 3 is 2.69 bits per heavy atom. The van der Waals surface area contributed by atoms with Gasteiger partial charge < -0.3 is 9.64 Å². The molecule has 0 aliphatic carbocycles. The Morgan fingerprint density at radius 2 is 2.00 bits per heavy atom. The third-order valence-electron chi connectivity index (χ3n) is 2.58. The van der Waals surface area contributed by atoms with Crippen LogP contribution in [0.5, 0.6) is 0 Å². The van der Waals surface area contributed by atoms with Gasteiger partial charge in [0.1, 0.15) is 0 Å². The number of nitrogens with zero attached hydrogens (tertiary/aromatic N) is 1. The van der Waals surface area contributed by atoms with Crippen LogP contribution < -0.4 is 0 Å². The number of fused-ring (bicyclic) bond motifs is 1. The summed E-state index contributed by atoms with van der Waals surface area (Å²) < 4.78 is 27.6. The minimum atomic E-state index is -3.05. The van der Waals surface area contributed by atoms with E-state index in [2.05, 4.69) is 4.74 Å². The average Bonchev–Trinajstić information content (AvgIpc) is 2.27. The normalized spacial score (nSPS) is 14.8. The summed E-state index contributed by atoms with van der Waals surface area (Å²) in [6.45, 7) is -2.30. The van der Waals surface area contributed by atoms with Gasteiger partial charge in [-0.05, 0) is 17.5 Å². The number of amides is 1. The molecule has 1 aliphatic rings. The number of ether oxygens (including phenoxy) is 1. The quantitative estimate of drug-likeness (QED) is 0.737. The van der Waals surface area contributed by atoms with Crippen LogP contribution in [0.15, 0.2) is 24.3 Å². The molecule has 5 heteroatoms. The summed E-state index contributed by atoms with van der Waals surface area (Å²) in [7, 11) is 0. The zero-order valence-corrected chi connectivity index (χ0v) is 8.53. The van der Waals surface area contributed by atoms with Crippen LogP contribution in [0.25, 0.3) is 0 Å². The van der Waals surface area contributed by atoms with Crippen molar-refractivity contribution in [2.45, 2.75) is 19.6 Å². The molecule has 1 aromatic carbocycles. The number of carbonyl (C=O) groups excluding carboxylic acids is 1. The van der Waals surface area contributed by atoms with Crippen molar-refractivity contribution in [2.75, 3.05) is 6.54 Å². The summed E-state index contributed by atoms with van der Waals surface area (Å²) >= 11 is 0. The molecule has 0 aromatic heterocycles. The lowest BCUT2D eigenvalue weighted by molar-refractivity contribution is -0.0929. The van der Waals surface area contributed by atoms with Crippen molar-refractivity contribution in [3.8, 4) is 0 Å². The molecule has 0 N–H and O–H groups in total. The molecule has 0 fully saturated rings. The van der Waals surface area contributed by atoms with Crippen LogP contribution in [-0.2, 0) is 17.7 Å². The van der Waals surface area contributed by atoms with Gasteiger partial charge in [0.05, 0.1) is 0 Å². The number of rotatable bonds is 1. The van der Waals surface area contributed by atoms with E-state index in [1.807, 2.05) is 24.3 Å². The highest BCUT2D eigenvalue weighted by Gasteiger charge is 2.23. The monoisotopic (exact) mass is 227 g/mol. The fourth-order valence-corrected chi connectivity index (χ4v) is 1.80. The van der Waals surface area contributed by atoms with Gasteiger partial charge in [-0.1, -0.05) is 24.3 Å². The molecule has 86 valence electrons. The molecule has 16 heavy (non-hydrogen) atoms. The number of alkyl halides is 2. The van der Waals surface area contributed by atoms with Crippen LogP contribution >= 0.6 is 0 Å². The average molecular weight is 227 g/mol. The van der Waals surface area contributed by atoms with Crippen LogP contribution in [0, 0.1) is 0 Å². The molecule has 0 atom stereocenters. The third kappa shape index (κ3) is 2.29. The maximum Gasteiger partial charge on any atom is 0.414 e. The maximum atomic E-state index is 11.9. The van der Waals surface area contributed by atoms with Crippen molar-refractivity contribution in [2.24, 2.45) is 0 Å². The highest BCUT2D eigenvalue weighted by molar-refractivity contribution is 5.68. The van der Waals surface area contributed by atoms with Crippen LogP contribution in [0.4, 0.5) is 13.6 Å². The predicted octanol–water partition coefficient (Wildman–Crippen LogP) is 2.40. The Labute approximate surface area is 91.6 Å². The highest BCUT2D eigenvalue weighted by atomic mass is 19.3. The van der Waals surface area contributed by atoms with Crippen LogP contribution in [0.2, 0.25) is 0 Å². The van der Waals surface area contributed by atoms with E-state index < -0.39 is 12.7 Å². The molecule has 0 unspecified atom stereocenters. The fourth-order valence-electron chi connectivity index (χ4n) is 1.80. The number of benzene rings is 1. The van der Waals surface area contributed by atoms with Crippen molar-refractivity contribution in [3.05, 3.63) is 35.4 Å². The van der Waals surface area contributed by atoms with E-state index in [1.54, 1.807) is 0 Å². The van der Waals surface area contributed by atoms with Crippen LogP contribution in [0.1, 0.15) is 11.1 Å². The Bertz CT molecular complexity index is 395. The summed E-state index contributed by atoms with van der Waals surface area (Å²) in [5.41, 5.74) is 2.14. The SMILES string of the molecule is O=C(OC(F)F)N1CCc2ccccc2C1. The zero-order valence-electron chi connectivity index (χ0n) is 8.53. The lowest BCUT2D eigenvalue weighted by atomic mass is 10.0. The largest absolute Gasteiger partial charge is 0.414 e. The van der Waals surface area contributed by atoms with E-state index in [0.717, 1.165) is 11.1 Å². The first kappa shape index (κ1) is 10.9. The molecule has 1 amide bonds. The van der Waals surface area contributed by atoms with Gasteiger partial charge in [-0.2, -0.15) is 8.78 Å². The Hall–Kier alpha value is -1.65. The second-order valence-corrected chi connectivity index (χ2v) is 3.58. The van der Waals surface area contributed by atoms with Gasteiger partial charge in [-0.25, -0.2) is 4.79 Å². The van der Waals surface area contributed by atoms with Crippen molar-refractivity contribution < 1.29 is 18.3 Å². The third-order valence-corrected chi connectivity index (χ3v) is 2.58. The molecule has 1 aromatic rings. The van der Waals surface area contributed by atoms with Gasteiger partial charge in [0.15, 0.2) is 0 Å². The van der Waals surface area contributed by atoms with E-state index in [1.165, 1.54) is 4.90 Å². The maximum absolute atomic E-state index is 11.9. The van der Waals surface area contributed by atoms with Gasteiger partial charge in [0, 0.05) is 13.1 Å². The first-order valence-electron chi connectivity index (χ1n) is 4.97. The summed E-state index contributed by atoms with van der Waals surface area (Å²) in [5.74, 6) is 0. The second-order valence-electron chi connectivity index (χ2n) is 3.58. The molecule has 0 bridgehead atoms. The van der Waals surface area contributed by atoms with Gasteiger partial charge >= 0.3 is 12.7 Å². The van der Waals surface area contributed by atoms with Gasteiger partial charge in [0.2, 0.25) is 0 Å². The number of hydrogen-bond donors (Lipinski definition) is 0. The lowest BCUT2D eigenvalue weighted by Crippen LogP contribution is -2.37. The number of halogens is 2. The highest BCUT2D eigenvalue weighted by Crippen LogP contribution is 2.19. The van der Waals surface area contributed by atoms with E-state index >= 15 is 0 Å². The second kappa shape index (κ2) is 4.47. The smallest absolute Gasteiger partial charge is 0.386 e. The van der Waals surface area contributed by atoms with Gasteiger partial charge in [-0.15, -0.1) is 0 Å². The first-order chi connectivity index (χ1) is 7.66. The zero-order chi connectivity index (χ0) is 11.5. The number of hydrogen-bond acceptors (Lipinski definition) is 2. The molecule has 0 radical (unpaired) electrons. The van der Waals surface area contributed by atoms with Crippen molar-refractivity contribution >= 4 is 6.09 Å². The Kier molecular flexibility index (Phi) is 3.03. The minimum absolute atomic E-state index is 0.335. The molecular formula is C11H11F2NO2. The first-order valence-corrected chi connectivity index (χ1v) is 4.97. The van der Waals surface area contributed by atoms with E-state index in [0.29, 0.717) is 19.5 Å². The molecule has 3 nitrogen and oxygen atoms in total. The Morgan fingerprint density at radius 1 is 1.31 bits per heavy atom. The van der Waals surface area contributed by atoms with Crippen LogP contribution in [0.3, 0.4) is 0 Å².